The molecule has 0 saturated heterocycles. The first-order valence-corrected chi connectivity index (χ1v) is 9.69. The van der Waals surface area contributed by atoms with Gasteiger partial charge in [0.1, 0.15) is 0 Å². The number of nitrogens with zero attached hydrogens (tertiary/aromatic N) is 3. The molecule has 136 valence electrons. The van der Waals surface area contributed by atoms with Crippen LogP contribution in [0.1, 0.15) is 25.8 Å². The predicted molar refractivity (Wildman–Crippen MR) is 117 cm³/mol. The van der Waals surface area contributed by atoms with Gasteiger partial charge in [-0.1, -0.05) is 49.4 Å². The van der Waals surface area contributed by atoms with E-state index in [0.29, 0.717) is 0 Å². The van der Waals surface area contributed by atoms with Gasteiger partial charge in [-0.2, -0.15) is 5.10 Å². The Balaban J connectivity index is 1.73. The number of benzene rings is 3. The Labute approximate surface area is 160 Å². The van der Waals surface area contributed by atoms with E-state index in [0.717, 1.165) is 30.8 Å². The molecule has 0 N–H and O–H groups in total. The smallest absolute Gasteiger partial charge is 0.0593 e. The summed E-state index contributed by atoms with van der Waals surface area (Å²) in [6.45, 7) is 6.24. The van der Waals surface area contributed by atoms with Gasteiger partial charge in [-0.05, 0) is 49.2 Å². The molecule has 0 atom stereocenters. The van der Waals surface area contributed by atoms with Crippen LogP contribution in [0.5, 0.6) is 0 Å². The van der Waals surface area contributed by atoms with Gasteiger partial charge in [-0.3, -0.25) is 5.01 Å². The van der Waals surface area contributed by atoms with E-state index in [4.69, 9.17) is 5.10 Å². The van der Waals surface area contributed by atoms with Crippen LogP contribution in [0.25, 0.3) is 21.8 Å². The largest absolute Gasteiger partial charge is 0.341 e. The fraction of sp³-hybridized carbons (Fsp3) is 0.208. The Hall–Kier alpha value is -3.07. The molecule has 3 nitrogen and oxygen atoms in total. The second kappa shape index (κ2) is 7.67. The van der Waals surface area contributed by atoms with E-state index in [1.165, 1.54) is 21.8 Å². The first-order valence-electron chi connectivity index (χ1n) is 9.69. The molecular formula is C24H25N3. The molecule has 1 heterocycles. The summed E-state index contributed by atoms with van der Waals surface area (Å²) in [7, 11) is 0. The number of hydrogen-bond donors (Lipinski definition) is 0. The zero-order valence-corrected chi connectivity index (χ0v) is 16.0. The average Bonchev–Trinajstić information content (AvgIpc) is 3.05. The highest BCUT2D eigenvalue weighted by Crippen LogP contribution is 2.29. The van der Waals surface area contributed by atoms with Crippen molar-refractivity contribution in [3.8, 4) is 0 Å². The third-order valence-electron chi connectivity index (χ3n) is 4.95. The van der Waals surface area contributed by atoms with Crippen molar-refractivity contribution >= 4 is 33.7 Å². The predicted octanol–water partition coefficient (Wildman–Crippen LogP) is 6.06. The van der Waals surface area contributed by atoms with Crippen molar-refractivity contribution in [2.75, 3.05) is 11.6 Å². The van der Waals surface area contributed by atoms with Crippen molar-refractivity contribution in [2.45, 2.75) is 26.8 Å². The molecule has 1 aromatic heterocycles. The monoisotopic (exact) mass is 355 g/mol. The third-order valence-corrected chi connectivity index (χ3v) is 4.95. The first kappa shape index (κ1) is 17.3. The standard InChI is InChI=1S/C24H25N3/c1-3-16-27(20-10-6-5-7-11-20)25-18-19-14-15-24-22(17-19)21-12-8-9-13-23(21)26(24)4-2/h5-15,17-18H,3-4,16H2,1-2H3. The molecule has 3 aromatic carbocycles. The summed E-state index contributed by atoms with van der Waals surface area (Å²) < 4.78 is 2.37. The van der Waals surface area contributed by atoms with E-state index in [2.05, 4.69) is 90.2 Å². The maximum absolute atomic E-state index is 4.77. The molecule has 3 heteroatoms. The Bertz CT molecular complexity index is 1080. The minimum absolute atomic E-state index is 0.901. The first-order chi connectivity index (χ1) is 13.3. The average molecular weight is 355 g/mol. The lowest BCUT2D eigenvalue weighted by molar-refractivity contribution is 0.809. The molecule has 27 heavy (non-hydrogen) atoms. The van der Waals surface area contributed by atoms with Gasteiger partial charge in [-0.25, -0.2) is 0 Å². The molecule has 0 fully saturated rings. The highest BCUT2D eigenvalue weighted by molar-refractivity contribution is 6.09. The van der Waals surface area contributed by atoms with Gasteiger partial charge < -0.3 is 4.57 Å². The van der Waals surface area contributed by atoms with E-state index in [9.17, 15) is 0 Å². The summed E-state index contributed by atoms with van der Waals surface area (Å²) in [5.41, 5.74) is 4.82. The van der Waals surface area contributed by atoms with Crippen LogP contribution in [0, 0.1) is 0 Å². The van der Waals surface area contributed by atoms with E-state index in [-0.39, 0.29) is 0 Å². The Morgan fingerprint density at radius 1 is 0.852 bits per heavy atom. The van der Waals surface area contributed by atoms with Gasteiger partial charge in [-0.15, -0.1) is 0 Å². The van der Waals surface area contributed by atoms with Gasteiger partial charge in [0.2, 0.25) is 0 Å². The SMILES string of the molecule is CCCN(N=Cc1ccc2c(c1)c1ccccc1n2CC)c1ccccc1. The lowest BCUT2D eigenvalue weighted by Gasteiger charge is -2.18. The van der Waals surface area contributed by atoms with Crippen LogP contribution in [0.15, 0.2) is 77.9 Å². The fourth-order valence-electron chi connectivity index (χ4n) is 3.69. The maximum atomic E-state index is 4.77. The van der Waals surface area contributed by atoms with Crippen LogP contribution in [0.4, 0.5) is 5.69 Å². The van der Waals surface area contributed by atoms with Crippen LogP contribution < -0.4 is 5.01 Å². The van der Waals surface area contributed by atoms with Gasteiger partial charge in [0.25, 0.3) is 0 Å². The summed E-state index contributed by atoms with van der Waals surface area (Å²) in [4.78, 5) is 0. The van der Waals surface area contributed by atoms with Gasteiger partial charge in [0.15, 0.2) is 0 Å². The second-order valence-electron chi connectivity index (χ2n) is 6.74. The van der Waals surface area contributed by atoms with Crippen molar-refractivity contribution < 1.29 is 0 Å². The molecule has 0 unspecified atom stereocenters. The normalized spacial score (nSPS) is 11.6. The van der Waals surface area contributed by atoms with Crippen molar-refractivity contribution in [3.63, 3.8) is 0 Å². The highest BCUT2D eigenvalue weighted by atomic mass is 15.4. The summed E-state index contributed by atoms with van der Waals surface area (Å²) in [6, 6.07) is 25.6. The van der Waals surface area contributed by atoms with Crippen molar-refractivity contribution in [2.24, 2.45) is 5.10 Å². The van der Waals surface area contributed by atoms with Crippen LogP contribution in [-0.2, 0) is 6.54 Å². The molecule has 0 aliphatic rings. The summed E-state index contributed by atoms with van der Waals surface area (Å²) >= 11 is 0. The zero-order valence-electron chi connectivity index (χ0n) is 16.0. The number of hydrogen-bond acceptors (Lipinski definition) is 2. The molecule has 0 spiro atoms. The van der Waals surface area contributed by atoms with Crippen molar-refractivity contribution in [1.82, 2.24) is 4.57 Å². The minimum Gasteiger partial charge on any atom is -0.341 e. The van der Waals surface area contributed by atoms with Crippen LogP contribution >= 0.6 is 0 Å². The molecule has 0 saturated carbocycles. The van der Waals surface area contributed by atoms with Gasteiger partial charge in [0.05, 0.1) is 11.9 Å². The van der Waals surface area contributed by atoms with Crippen LogP contribution in [0.2, 0.25) is 0 Å². The number of para-hydroxylation sites is 2. The molecule has 4 aromatic rings. The summed E-state index contributed by atoms with van der Waals surface area (Å²) in [5.74, 6) is 0. The van der Waals surface area contributed by atoms with E-state index in [1.54, 1.807) is 0 Å². The second-order valence-corrected chi connectivity index (χ2v) is 6.74. The van der Waals surface area contributed by atoms with Crippen LogP contribution in [-0.4, -0.2) is 17.3 Å². The molecule has 4 rings (SSSR count). The van der Waals surface area contributed by atoms with E-state index in [1.807, 2.05) is 12.3 Å². The lowest BCUT2D eigenvalue weighted by Crippen LogP contribution is -2.17. The Morgan fingerprint density at radius 3 is 2.37 bits per heavy atom. The maximum Gasteiger partial charge on any atom is 0.0593 e. The number of aromatic nitrogens is 1. The van der Waals surface area contributed by atoms with Gasteiger partial charge >= 0.3 is 0 Å². The topological polar surface area (TPSA) is 20.5 Å². The molecule has 0 radical (unpaired) electrons. The quantitative estimate of drug-likeness (QED) is 0.304. The number of anilines is 1. The zero-order chi connectivity index (χ0) is 18.6. The number of rotatable bonds is 6. The van der Waals surface area contributed by atoms with E-state index >= 15 is 0 Å². The van der Waals surface area contributed by atoms with Crippen molar-refractivity contribution in [3.05, 3.63) is 78.4 Å². The number of fused-ring (bicyclic) bond motifs is 3. The molecule has 0 amide bonds. The number of hydrazone groups is 1. The number of aryl methyl sites for hydroxylation is 1. The molecular weight excluding hydrogens is 330 g/mol. The lowest BCUT2D eigenvalue weighted by atomic mass is 10.1. The molecule has 0 aliphatic heterocycles. The highest BCUT2D eigenvalue weighted by Gasteiger charge is 2.09. The third kappa shape index (κ3) is 3.33. The Morgan fingerprint density at radius 2 is 1.59 bits per heavy atom. The van der Waals surface area contributed by atoms with Crippen LogP contribution in [0.3, 0.4) is 0 Å². The Kier molecular flexibility index (Phi) is 4.93. The fourth-order valence-corrected chi connectivity index (χ4v) is 3.69. The van der Waals surface area contributed by atoms with Gasteiger partial charge in [0, 0.05) is 34.9 Å². The summed E-state index contributed by atoms with van der Waals surface area (Å²) in [5, 5.41) is 9.43. The molecule has 0 bridgehead atoms. The van der Waals surface area contributed by atoms with E-state index < -0.39 is 0 Å². The minimum atomic E-state index is 0.901. The summed E-state index contributed by atoms with van der Waals surface area (Å²) in [6.07, 6.45) is 3.02. The molecule has 0 aliphatic carbocycles. The van der Waals surface area contributed by atoms with Crippen molar-refractivity contribution in [1.29, 1.82) is 0 Å².